The zero-order valence-electron chi connectivity index (χ0n) is 13.5. The van der Waals surface area contributed by atoms with E-state index in [1.54, 1.807) is 16.7 Å². The predicted octanol–water partition coefficient (Wildman–Crippen LogP) is 3.30. The Balaban J connectivity index is 1.87. The van der Waals surface area contributed by atoms with Crippen molar-refractivity contribution < 1.29 is 4.74 Å². The maximum absolute atomic E-state index is 12.6. The van der Waals surface area contributed by atoms with E-state index in [0.29, 0.717) is 34.3 Å². The van der Waals surface area contributed by atoms with Crippen LogP contribution in [0.3, 0.4) is 0 Å². The summed E-state index contributed by atoms with van der Waals surface area (Å²) in [5.74, 6) is 1.69. The first-order chi connectivity index (χ1) is 12.2. The molecule has 0 amide bonds. The van der Waals surface area contributed by atoms with Gasteiger partial charge in [-0.1, -0.05) is 35.9 Å². The molecule has 0 aliphatic heterocycles. The molecule has 0 fully saturated rings. The number of nitrogens with zero attached hydrogens (tertiary/aromatic N) is 4. The van der Waals surface area contributed by atoms with Gasteiger partial charge in [-0.15, -0.1) is 10.2 Å². The van der Waals surface area contributed by atoms with E-state index >= 15 is 0 Å². The summed E-state index contributed by atoms with van der Waals surface area (Å²) in [7, 11) is 0. The van der Waals surface area contributed by atoms with Crippen LogP contribution in [0.1, 0.15) is 12.7 Å². The molecule has 2 aromatic carbocycles. The summed E-state index contributed by atoms with van der Waals surface area (Å²) in [6.45, 7) is 2.61. The van der Waals surface area contributed by atoms with Crippen molar-refractivity contribution in [2.75, 3.05) is 0 Å². The minimum atomic E-state index is -0.0726. The smallest absolute Gasteiger partial charge is 0.262 e. The molecule has 126 valence electrons. The Bertz CT molecular complexity index is 1130. The minimum Gasteiger partial charge on any atom is -0.484 e. The SMILES string of the molecule is CCn1c(=O)c2ccccc2n2c(COc3ccccc3Cl)nnc12. The van der Waals surface area contributed by atoms with E-state index in [1.807, 2.05) is 47.7 Å². The molecule has 0 unspecified atom stereocenters. The third-order valence-electron chi connectivity index (χ3n) is 4.08. The van der Waals surface area contributed by atoms with Crippen LogP contribution in [0, 0.1) is 0 Å². The first-order valence-corrected chi connectivity index (χ1v) is 8.31. The summed E-state index contributed by atoms with van der Waals surface area (Å²) < 4.78 is 9.26. The van der Waals surface area contributed by atoms with E-state index in [2.05, 4.69) is 10.2 Å². The van der Waals surface area contributed by atoms with Crippen LogP contribution < -0.4 is 10.3 Å². The Kier molecular flexibility index (Phi) is 3.89. The van der Waals surface area contributed by atoms with Crippen molar-refractivity contribution >= 4 is 28.3 Å². The lowest BCUT2D eigenvalue weighted by Gasteiger charge is -2.10. The van der Waals surface area contributed by atoms with Crippen molar-refractivity contribution in [3.05, 3.63) is 69.7 Å². The number of halogens is 1. The predicted molar refractivity (Wildman–Crippen MR) is 96.2 cm³/mol. The lowest BCUT2D eigenvalue weighted by molar-refractivity contribution is 0.295. The molecule has 2 heterocycles. The second-order valence-corrected chi connectivity index (χ2v) is 5.94. The summed E-state index contributed by atoms with van der Waals surface area (Å²) in [5, 5.41) is 9.58. The van der Waals surface area contributed by atoms with Gasteiger partial charge in [-0.05, 0) is 31.2 Å². The molecule has 0 radical (unpaired) electrons. The van der Waals surface area contributed by atoms with Crippen molar-refractivity contribution in [2.45, 2.75) is 20.1 Å². The van der Waals surface area contributed by atoms with Crippen molar-refractivity contribution in [3.63, 3.8) is 0 Å². The van der Waals surface area contributed by atoms with Gasteiger partial charge in [-0.25, -0.2) is 0 Å². The van der Waals surface area contributed by atoms with Crippen molar-refractivity contribution in [2.24, 2.45) is 0 Å². The van der Waals surface area contributed by atoms with Gasteiger partial charge in [0.2, 0.25) is 5.78 Å². The second-order valence-electron chi connectivity index (χ2n) is 5.54. The van der Waals surface area contributed by atoms with Crippen LogP contribution >= 0.6 is 11.6 Å². The van der Waals surface area contributed by atoms with E-state index < -0.39 is 0 Å². The van der Waals surface area contributed by atoms with Gasteiger partial charge in [0, 0.05) is 6.54 Å². The number of ether oxygens (including phenoxy) is 1. The molecule has 0 spiro atoms. The van der Waals surface area contributed by atoms with Crippen LogP contribution in [0.25, 0.3) is 16.7 Å². The van der Waals surface area contributed by atoms with Crippen molar-refractivity contribution in [3.8, 4) is 5.75 Å². The average Bonchev–Trinajstić information content (AvgIpc) is 3.05. The Morgan fingerprint density at radius 2 is 1.84 bits per heavy atom. The first kappa shape index (κ1) is 15.7. The number of hydrogen-bond donors (Lipinski definition) is 0. The summed E-state index contributed by atoms with van der Waals surface area (Å²) >= 11 is 6.13. The Labute approximate surface area is 148 Å². The fourth-order valence-electron chi connectivity index (χ4n) is 2.90. The van der Waals surface area contributed by atoms with Gasteiger partial charge in [0.25, 0.3) is 5.56 Å². The second kappa shape index (κ2) is 6.22. The number of hydrogen-bond acceptors (Lipinski definition) is 4. The molecule has 7 heteroatoms. The zero-order valence-corrected chi connectivity index (χ0v) is 14.3. The molecule has 2 aromatic heterocycles. The summed E-state index contributed by atoms with van der Waals surface area (Å²) in [6.07, 6.45) is 0. The highest BCUT2D eigenvalue weighted by atomic mass is 35.5. The standard InChI is InChI=1S/C18H15ClN4O2/c1-2-22-17(24)12-7-3-5-9-14(12)23-16(20-21-18(22)23)11-25-15-10-6-4-8-13(15)19/h3-10H,2,11H2,1H3. The molecule has 0 aliphatic carbocycles. The van der Waals surface area contributed by atoms with Crippen LogP contribution in [-0.4, -0.2) is 19.2 Å². The van der Waals surface area contributed by atoms with Crippen LogP contribution in [0.15, 0.2) is 53.3 Å². The highest BCUT2D eigenvalue weighted by Crippen LogP contribution is 2.24. The normalized spacial score (nSPS) is 11.3. The van der Waals surface area contributed by atoms with E-state index in [0.717, 1.165) is 5.52 Å². The Hall–Kier alpha value is -2.86. The number of benzene rings is 2. The monoisotopic (exact) mass is 354 g/mol. The van der Waals surface area contributed by atoms with E-state index in [9.17, 15) is 4.79 Å². The molecular formula is C18H15ClN4O2. The molecule has 25 heavy (non-hydrogen) atoms. The van der Waals surface area contributed by atoms with Crippen LogP contribution in [0.2, 0.25) is 5.02 Å². The first-order valence-electron chi connectivity index (χ1n) is 7.93. The molecule has 6 nitrogen and oxygen atoms in total. The fraction of sp³-hybridized carbons (Fsp3) is 0.167. The number of aromatic nitrogens is 4. The van der Waals surface area contributed by atoms with Crippen LogP contribution in [0.4, 0.5) is 0 Å². The molecular weight excluding hydrogens is 340 g/mol. The van der Waals surface area contributed by atoms with Gasteiger partial charge >= 0.3 is 0 Å². The minimum absolute atomic E-state index is 0.0726. The zero-order chi connectivity index (χ0) is 17.4. The molecule has 0 saturated heterocycles. The number of rotatable bonds is 4. The van der Waals surface area contributed by atoms with Gasteiger partial charge in [-0.2, -0.15) is 0 Å². The fourth-order valence-corrected chi connectivity index (χ4v) is 3.09. The quantitative estimate of drug-likeness (QED) is 0.564. The van der Waals surface area contributed by atoms with Gasteiger partial charge in [0.1, 0.15) is 12.4 Å². The van der Waals surface area contributed by atoms with Crippen molar-refractivity contribution in [1.82, 2.24) is 19.2 Å². The van der Waals surface area contributed by atoms with Crippen LogP contribution in [-0.2, 0) is 13.2 Å². The van der Waals surface area contributed by atoms with Gasteiger partial charge in [0.15, 0.2) is 5.82 Å². The third-order valence-corrected chi connectivity index (χ3v) is 4.40. The average molecular weight is 355 g/mol. The van der Waals surface area contributed by atoms with Gasteiger partial charge in [0.05, 0.1) is 15.9 Å². The molecule has 0 aliphatic rings. The highest BCUT2D eigenvalue weighted by Gasteiger charge is 2.16. The lowest BCUT2D eigenvalue weighted by Crippen LogP contribution is -2.22. The molecule has 4 aromatic rings. The topological polar surface area (TPSA) is 61.4 Å². The van der Waals surface area contributed by atoms with E-state index in [-0.39, 0.29) is 12.2 Å². The summed E-state index contributed by atoms with van der Waals surface area (Å²) in [4.78, 5) is 12.6. The summed E-state index contributed by atoms with van der Waals surface area (Å²) in [5.41, 5.74) is 0.687. The van der Waals surface area contributed by atoms with Gasteiger partial charge < -0.3 is 4.74 Å². The van der Waals surface area contributed by atoms with Gasteiger partial charge in [-0.3, -0.25) is 13.8 Å². The van der Waals surface area contributed by atoms with E-state index in [1.165, 1.54) is 0 Å². The third kappa shape index (κ3) is 2.55. The highest BCUT2D eigenvalue weighted by molar-refractivity contribution is 6.32. The Morgan fingerprint density at radius 3 is 2.64 bits per heavy atom. The molecule has 4 rings (SSSR count). The Morgan fingerprint density at radius 1 is 1.08 bits per heavy atom. The summed E-state index contributed by atoms with van der Waals surface area (Å²) in [6, 6.07) is 14.7. The molecule has 0 N–H and O–H groups in total. The van der Waals surface area contributed by atoms with E-state index in [4.69, 9.17) is 16.3 Å². The largest absolute Gasteiger partial charge is 0.484 e. The van der Waals surface area contributed by atoms with Crippen LogP contribution in [0.5, 0.6) is 5.75 Å². The lowest BCUT2D eigenvalue weighted by atomic mass is 10.2. The number of fused-ring (bicyclic) bond motifs is 3. The maximum Gasteiger partial charge on any atom is 0.262 e. The molecule has 0 saturated carbocycles. The maximum atomic E-state index is 12.6. The number of para-hydroxylation sites is 2. The number of aryl methyl sites for hydroxylation is 1. The molecule has 0 bridgehead atoms. The van der Waals surface area contributed by atoms with Crippen molar-refractivity contribution in [1.29, 1.82) is 0 Å². The molecule has 0 atom stereocenters.